The predicted octanol–water partition coefficient (Wildman–Crippen LogP) is 3.81. The highest BCUT2D eigenvalue weighted by Gasteiger charge is 2.17. The van der Waals surface area contributed by atoms with Crippen molar-refractivity contribution in [2.24, 2.45) is 0 Å². The van der Waals surface area contributed by atoms with Gasteiger partial charge in [-0.1, -0.05) is 29.8 Å². The molecule has 0 fully saturated rings. The summed E-state index contributed by atoms with van der Waals surface area (Å²) in [6.07, 6.45) is 1.05. The number of nitriles is 1. The lowest BCUT2D eigenvalue weighted by atomic mass is 10.1. The summed E-state index contributed by atoms with van der Waals surface area (Å²) in [5.74, 6) is -2.11. The minimum atomic E-state index is -0.807. The van der Waals surface area contributed by atoms with Crippen molar-refractivity contribution in [2.45, 2.75) is 0 Å². The number of hydrogen-bond donors (Lipinski definition) is 1. The summed E-state index contributed by atoms with van der Waals surface area (Å²) in [6.45, 7) is 0. The van der Waals surface area contributed by atoms with Gasteiger partial charge in [-0.05, 0) is 30.3 Å². The van der Waals surface area contributed by atoms with Crippen LogP contribution in [0.4, 0.5) is 10.1 Å². The highest BCUT2D eigenvalue weighted by molar-refractivity contribution is 6.32. The fourth-order valence-corrected chi connectivity index (χ4v) is 2.23. The van der Waals surface area contributed by atoms with Crippen LogP contribution in [-0.2, 0) is 9.53 Å². The summed E-state index contributed by atoms with van der Waals surface area (Å²) in [6, 6.07) is 11.9. The Morgan fingerprint density at radius 1 is 1.24 bits per heavy atom. The third-order valence-corrected chi connectivity index (χ3v) is 3.56. The van der Waals surface area contributed by atoms with Crippen LogP contribution in [0.5, 0.6) is 0 Å². The third kappa shape index (κ3) is 4.22. The summed E-state index contributed by atoms with van der Waals surface area (Å²) in [7, 11) is 1.21. The van der Waals surface area contributed by atoms with E-state index in [1.54, 1.807) is 18.2 Å². The number of para-hydroxylation sites is 1. The number of carbonyl (C=O) groups excluding carboxylic acids is 2. The SMILES string of the molecule is COC(=O)c1ccccc1NC(=O)C(C#N)=Cc1c(F)cccc1Cl. The number of benzene rings is 2. The van der Waals surface area contributed by atoms with E-state index in [9.17, 15) is 19.2 Å². The zero-order valence-corrected chi connectivity index (χ0v) is 13.8. The van der Waals surface area contributed by atoms with Crippen molar-refractivity contribution < 1.29 is 18.7 Å². The lowest BCUT2D eigenvalue weighted by molar-refractivity contribution is -0.112. The first-order valence-corrected chi connectivity index (χ1v) is 7.40. The van der Waals surface area contributed by atoms with Crippen molar-refractivity contribution >= 4 is 35.2 Å². The van der Waals surface area contributed by atoms with E-state index in [1.807, 2.05) is 0 Å². The van der Waals surface area contributed by atoms with Gasteiger partial charge in [0.15, 0.2) is 0 Å². The lowest BCUT2D eigenvalue weighted by Gasteiger charge is -2.09. The van der Waals surface area contributed by atoms with Crippen LogP contribution in [0.3, 0.4) is 0 Å². The van der Waals surface area contributed by atoms with E-state index in [2.05, 4.69) is 10.1 Å². The molecule has 1 N–H and O–H groups in total. The number of amides is 1. The van der Waals surface area contributed by atoms with Gasteiger partial charge in [-0.15, -0.1) is 0 Å². The number of methoxy groups -OCH3 is 1. The molecule has 0 saturated heterocycles. The number of nitrogens with zero attached hydrogens (tertiary/aromatic N) is 1. The molecule has 2 aromatic rings. The molecular formula is C18H12ClFN2O3. The predicted molar refractivity (Wildman–Crippen MR) is 91.4 cm³/mol. The summed E-state index contributed by atoms with van der Waals surface area (Å²) in [4.78, 5) is 24.0. The second-order valence-corrected chi connectivity index (χ2v) is 5.20. The van der Waals surface area contributed by atoms with Gasteiger partial charge in [-0.25, -0.2) is 9.18 Å². The van der Waals surface area contributed by atoms with Gasteiger partial charge in [0.25, 0.3) is 5.91 Å². The van der Waals surface area contributed by atoms with Gasteiger partial charge < -0.3 is 10.1 Å². The third-order valence-electron chi connectivity index (χ3n) is 3.23. The Hall–Kier alpha value is -3.17. The molecule has 0 heterocycles. The van der Waals surface area contributed by atoms with Gasteiger partial charge in [0, 0.05) is 5.56 Å². The number of esters is 1. The van der Waals surface area contributed by atoms with Gasteiger partial charge in [0.2, 0.25) is 0 Å². The quantitative estimate of drug-likeness (QED) is 0.512. The van der Waals surface area contributed by atoms with Crippen molar-refractivity contribution in [2.75, 3.05) is 12.4 Å². The molecule has 0 aliphatic carbocycles. The zero-order chi connectivity index (χ0) is 18.4. The van der Waals surface area contributed by atoms with Crippen molar-refractivity contribution in [1.29, 1.82) is 5.26 Å². The van der Waals surface area contributed by atoms with Crippen LogP contribution in [0.25, 0.3) is 6.08 Å². The average Bonchev–Trinajstić information content (AvgIpc) is 2.61. The van der Waals surface area contributed by atoms with Crippen LogP contribution in [-0.4, -0.2) is 19.0 Å². The van der Waals surface area contributed by atoms with Crippen LogP contribution < -0.4 is 5.32 Å². The molecule has 0 saturated carbocycles. The first kappa shape index (κ1) is 18.2. The molecule has 7 heteroatoms. The second kappa shape index (κ2) is 8.08. The molecule has 1 amide bonds. The first-order valence-electron chi connectivity index (χ1n) is 7.02. The lowest BCUT2D eigenvalue weighted by Crippen LogP contribution is -2.16. The van der Waals surface area contributed by atoms with Gasteiger partial charge in [0.1, 0.15) is 17.5 Å². The molecule has 5 nitrogen and oxygen atoms in total. The fourth-order valence-electron chi connectivity index (χ4n) is 2.01. The molecule has 2 aromatic carbocycles. The number of halogens is 2. The Labute approximate surface area is 148 Å². The molecule has 126 valence electrons. The van der Waals surface area contributed by atoms with E-state index in [-0.39, 0.29) is 27.4 Å². The standard InChI is InChI=1S/C18H12ClFN2O3/c1-25-18(24)12-5-2-3-8-16(12)22-17(23)11(10-21)9-13-14(19)6-4-7-15(13)20/h2-9H,1H3,(H,22,23). The number of ether oxygens (including phenoxy) is 1. The van der Waals surface area contributed by atoms with E-state index in [4.69, 9.17) is 11.6 Å². The van der Waals surface area contributed by atoms with Crippen LogP contribution >= 0.6 is 11.6 Å². The van der Waals surface area contributed by atoms with E-state index >= 15 is 0 Å². The summed E-state index contributed by atoms with van der Waals surface area (Å²) < 4.78 is 18.5. The summed E-state index contributed by atoms with van der Waals surface area (Å²) >= 11 is 5.89. The fraction of sp³-hybridized carbons (Fsp3) is 0.0556. The Balaban J connectivity index is 2.36. The van der Waals surface area contributed by atoms with Gasteiger partial charge in [-0.2, -0.15) is 5.26 Å². The van der Waals surface area contributed by atoms with E-state index in [0.29, 0.717) is 0 Å². The average molecular weight is 359 g/mol. The van der Waals surface area contributed by atoms with Gasteiger partial charge >= 0.3 is 5.97 Å². The summed E-state index contributed by atoms with van der Waals surface area (Å²) in [5, 5.41) is 11.7. The number of nitrogens with one attached hydrogen (secondary N) is 1. The molecular weight excluding hydrogens is 347 g/mol. The van der Waals surface area contributed by atoms with Crippen LogP contribution in [0.15, 0.2) is 48.0 Å². The molecule has 25 heavy (non-hydrogen) atoms. The topological polar surface area (TPSA) is 79.2 Å². The molecule has 0 radical (unpaired) electrons. The van der Waals surface area contributed by atoms with E-state index in [0.717, 1.165) is 12.1 Å². The summed E-state index contributed by atoms with van der Waals surface area (Å²) in [5.41, 5.74) is -0.150. The maximum absolute atomic E-state index is 13.8. The first-order chi connectivity index (χ1) is 12.0. The van der Waals surface area contributed by atoms with Crippen molar-refractivity contribution in [1.82, 2.24) is 0 Å². The number of anilines is 1. The van der Waals surface area contributed by atoms with Crippen LogP contribution in [0, 0.1) is 17.1 Å². The van der Waals surface area contributed by atoms with E-state index < -0.39 is 17.7 Å². The maximum Gasteiger partial charge on any atom is 0.339 e. The Morgan fingerprint density at radius 3 is 2.60 bits per heavy atom. The van der Waals surface area contributed by atoms with Crippen molar-refractivity contribution in [3.63, 3.8) is 0 Å². The zero-order valence-electron chi connectivity index (χ0n) is 13.0. The molecule has 0 aliphatic heterocycles. The minimum Gasteiger partial charge on any atom is -0.465 e. The number of carbonyl (C=O) groups is 2. The molecule has 0 aromatic heterocycles. The smallest absolute Gasteiger partial charge is 0.339 e. The maximum atomic E-state index is 13.8. The Morgan fingerprint density at radius 2 is 1.96 bits per heavy atom. The largest absolute Gasteiger partial charge is 0.465 e. The molecule has 0 bridgehead atoms. The van der Waals surface area contributed by atoms with Gasteiger partial charge in [0.05, 0.1) is 23.4 Å². The molecule has 0 spiro atoms. The van der Waals surface area contributed by atoms with Crippen molar-refractivity contribution in [3.05, 3.63) is 70.0 Å². The molecule has 0 aliphatic rings. The molecule has 0 unspecified atom stereocenters. The van der Waals surface area contributed by atoms with Gasteiger partial charge in [-0.3, -0.25) is 4.79 Å². The van der Waals surface area contributed by atoms with E-state index in [1.165, 1.54) is 31.4 Å². The second-order valence-electron chi connectivity index (χ2n) is 4.80. The highest BCUT2D eigenvalue weighted by Crippen LogP contribution is 2.23. The molecule has 2 rings (SSSR count). The van der Waals surface area contributed by atoms with Crippen LogP contribution in [0.2, 0.25) is 5.02 Å². The minimum absolute atomic E-state index is 0.0653. The van der Waals surface area contributed by atoms with Crippen molar-refractivity contribution in [3.8, 4) is 6.07 Å². The monoisotopic (exact) mass is 358 g/mol. The number of hydrogen-bond acceptors (Lipinski definition) is 4. The van der Waals surface area contributed by atoms with Crippen LogP contribution in [0.1, 0.15) is 15.9 Å². The molecule has 0 atom stereocenters. The Kier molecular flexibility index (Phi) is 5.88. The highest BCUT2D eigenvalue weighted by atomic mass is 35.5. The Bertz CT molecular complexity index is 883. The number of rotatable bonds is 4. The normalized spacial score (nSPS) is 10.7.